The Hall–Kier alpha value is -1.20. The molecule has 1 unspecified atom stereocenters. The number of thiocarbonyl (C=S) groups is 1. The number of likely N-dealkylation sites (tertiary alicyclic amines) is 1. The molecule has 0 spiro atoms. The highest BCUT2D eigenvalue weighted by Crippen LogP contribution is 2.18. The van der Waals surface area contributed by atoms with Crippen molar-refractivity contribution in [3.05, 3.63) is 23.4 Å². The van der Waals surface area contributed by atoms with E-state index in [4.69, 9.17) is 18.0 Å². The van der Waals surface area contributed by atoms with Crippen LogP contribution in [0.15, 0.2) is 12.3 Å². The Morgan fingerprint density at radius 1 is 1.45 bits per heavy atom. The normalized spacial score (nSPS) is 17.7. The van der Waals surface area contributed by atoms with Gasteiger partial charge in [0.05, 0.1) is 5.56 Å². The minimum atomic E-state index is 0.329. The highest BCUT2D eigenvalue weighted by atomic mass is 32.1. The van der Waals surface area contributed by atoms with Crippen LogP contribution in [0.4, 0.5) is 5.82 Å². The van der Waals surface area contributed by atoms with Crippen LogP contribution in [-0.2, 0) is 0 Å². The number of nitrogens with one attached hydrogen (secondary N) is 1. The predicted molar refractivity (Wildman–Crippen MR) is 88.2 cm³/mol. The second kappa shape index (κ2) is 6.99. The van der Waals surface area contributed by atoms with Gasteiger partial charge in [-0.15, -0.1) is 0 Å². The van der Waals surface area contributed by atoms with Gasteiger partial charge in [0.1, 0.15) is 10.8 Å². The van der Waals surface area contributed by atoms with E-state index in [-0.39, 0.29) is 0 Å². The lowest BCUT2D eigenvalue weighted by atomic mass is 10.1. The summed E-state index contributed by atoms with van der Waals surface area (Å²) in [6, 6.07) is 2.27. The molecule has 0 radical (unpaired) electrons. The number of hydrogen-bond donors (Lipinski definition) is 2. The summed E-state index contributed by atoms with van der Waals surface area (Å²) in [5, 5.41) is 3.46. The van der Waals surface area contributed by atoms with Gasteiger partial charge in [-0.05, 0) is 51.4 Å². The fourth-order valence-electron chi connectivity index (χ4n) is 2.79. The van der Waals surface area contributed by atoms with Gasteiger partial charge in [0.2, 0.25) is 0 Å². The molecular formula is C15H24N4S. The number of hydrogen-bond acceptors (Lipinski definition) is 4. The average molecular weight is 292 g/mol. The maximum Gasteiger partial charge on any atom is 0.136 e. The number of anilines is 1. The fourth-order valence-corrected chi connectivity index (χ4v) is 3.04. The molecule has 4 nitrogen and oxygen atoms in total. The smallest absolute Gasteiger partial charge is 0.136 e. The van der Waals surface area contributed by atoms with Crippen molar-refractivity contribution >= 4 is 23.0 Å². The van der Waals surface area contributed by atoms with E-state index in [2.05, 4.69) is 22.1 Å². The number of rotatable bonds is 5. The standard InChI is InChI=1S/C15H24N4S/c1-11-6-7-17-15(13(11)14(16)20)18-12(2)10-19-8-4-3-5-9-19/h6-7,12H,3-5,8-10H2,1-2H3,(H2,16,20)(H,17,18). The zero-order chi connectivity index (χ0) is 14.5. The second-order valence-corrected chi connectivity index (χ2v) is 6.06. The number of aromatic nitrogens is 1. The number of pyridine rings is 1. The summed E-state index contributed by atoms with van der Waals surface area (Å²) in [5.74, 6) is 0.807. The van der Waals surface area contributed by atoms with Crippen molar-refractivity contribution < 1.29 is 0 Å². The van der Waals surface area contributed by atoms with Crippen LogP contribution < -0.4 is 11.1 Å². The van der Waals surface area contributed by atoms with E-state index >= 15 is 0 Å². The molecular weight excluding hydrogens is 268 g/mol. The summed E-state index contributed by atoms with van der Waals surface area (Å²) in [5.41, 5.74) is 7.75. The summed E-state index contributed by atoms with van der Waals surface area (Å²) in [4.78, 5) is 7.31. The first-order valence-electron chi connectivity index (χ1n) is 7.32. The van der Waals surface area contributed by atoms with Crippen molar-refractivity contribution in [1.29, 1.82) is 0 Å². The molecule has 2 rings (SSSR count). The lowest BCUT2D eigenvalue weighted by Crippen LogP contribution is -2.38. The van der Waals surface area contributed by atoms with E-state index in [1.54, 1.807) is 6.20 Å². The van der Waals surface area contributed by atoms with Gasteiger partial charge in [-0.2, -0.15) is 0 Å². The quantitative estimate of drug-likeness (QED) is 0.816. The Balaban J connectivity index is 2.01. The predicted octanol–water partition coefficient (Wildman–Crippen LogP) is 2.31. The monoisotopic (exact) mass is 292 g/mol. The third kappa shape index (κ3) is 3.90. The minimum Gasteiger partial charge on any atom is -0.389 e. The third-order valence-electron chi connectivity index (χ3n) is 3.77. The molecule has 0 aromatic carbocycles. The van der Waals surface area contributed by atoms with Gasteiger partial charge in [0.15, 0.2) is 0 Å². The Bertz CT molecular complexity index is 469. The zero-order valence-electron chi connectivity index (χ0n) is 12.4. The second-order valence-electron chi connectivity index (χ2n) is 5.62. The average Bonchev–Trinajstić information content (AvgIpc) is 2.39. The fraction of sp³-hybridized carbons (Fsp3) is 0.600. The summed E-state index contributed by atoms with van der Waals surface area (Å²) in [6.45, 7) is 7.63. The maximum absolute atomic E-state index is 5.82. The van der Waals surface area contributed by atoms with Gasteiger partial charge in [0, 0.05) is 18.8 Å². The first kappa shape index (κ1) is 15.2. The third-order valence-corrected chi connectivity index (χ3v) is 3.97. The minimum absolute atomic E-state index is 0.329. The number of aryl methyl sites for hydroxylation is 1. The Morgan fingerprint density at radius 3 is 2.80 bits per heavy atom. The number of piperidine rings is 1. The van der Waals surface area contributed by atoms with E-state index in [1.807, 2.05) is 13.0 Å². The van der Waals surface area contributed by atoms with Gasteiger partial charge >= 0.3 is 0 Å². The molecule has 1 aromatic rings. The van der Waals surface area contributed by atoms with Crippen molar-refractivity contribution in [3.8, 4) is 0 Å². The summed E-state index contributed by atoms with van der Waals surface area (Å²) >= 11 is 5.14. The molecule has 1 aromatic heterocycles. The van der Waals surface area contributed by atoms with Crippen molar-refractivity contribution in [2.75, 3.05) is 25.0 Å². The van der Waals surface area contributed by atoms with Crippen LogP contribution >= 0.6 is 12.2 Å². The lowest BCUT2D eigenvalue weighted by molar-refractivity contribution is 0.223. The summed E-state index contributed by atoms with van der Waals surface area (Å²) in [7, 11) is 0. The molecule has 1 aliphatic heterocycles. The lowest BCUT2D eigenvalue weighted by Gasteiger charge is -2.29. The largest absolute Gasteiger partial charge is 0.389 e. The van der Waals surface area contributed by atoms with Crippen LogP contribution in [-0.4, -0.2) is 40.5 Å². The maximum atomic E-state index is 5.82. The van der Waals surface area contributed by atoms with Crippen LogP contribution in [0.5, 0.6) is 0 Å². The highest BCUT2D eigenvalue weighted by Gasteiger charge is 2.16. The van der Waals surface area contributed by atoms with Crippen LogP contribution in [0.25, 0.3) is 0 Å². The molecule has 110 valence electrons. The van der Waals surface area contributed by atoms with Crippen molar-refractivity contribution in [2.24, 2.45) is 5.73 Å². The molecule has 0 aliphatic carbocycles. The topological polar surface area (TPSA) is 54.2 Å². The van der Waals surface area contributed by atoms with Crippen LogP contribution in [0.3, 0.4) is 0 Å². The van der Waals surface area contributed by atoms with E-state index in [9.17, 15) is 0 Å². The van der Waals surface area contributed by atoms with Gasteiger partial charge in [-0.25, -0.2) is 4.98 Å². The van der Waals surface area contributed by atoms with Gasteiger partial charge < -0.3 is 16.0 Å². The van der Waals surface area contributed by atoms with Crippen molar-refractivity contribution in [1.82, 2.24) is 9.88 Å². The Kier molecular flexibility index (Phi) is 5.31. The Morgan fingerprint density at radius 2 is 2.15 bits per heavy atom. The van der Waals surface area contributed by atoms with E-state index in [0.29, 0.717) is 11.0 Å². The van der Waals surface area contributed by atoms with Gasteiger partial charge in [0.25, 0.3) is 0 Å². The van der Waals surface area contributed by atoms with E-state index in [1.165, 1.54) is 32.4 Å². The number of nitrogens with zero attached hydrogens (tertiary/aromatic N) is 2. The Labute approximate surface area is 126 Å². The molecule has 5 heteroatoms. The first-order valence-corrected chi connectivity index (χ1v) is 7.73. The molecule has 1 saturated heterocycles. The highest BCUT2D eigenvalue weighted by molar-refractivity contribution is 7.80. The molecule has 3 N–H and O–H groups in total. The van der Waals surface area contributed by atoms with Gasteiger partial charge in [-0.1, -0.05) is 18.6 Å². The van der Waals surface area contributed by atoms with Crippen molar-refractivity contribution in [3.63, 3.8) is 0 Å². The van der Waals surface area contributed by atoms with Gasteiger partial charge in [-0.3, -0.25) is 0 Å². The molecule has 0 saturated carbocycles. The van der Waals surface area contributed by atoms with Crippen LogP contribution in [0.2, 0.25) is 0 Å². The molecule has 0 bridgehead atoms. The molecule has 1 fully saturated rings. The molecule has 2 heterocycles. The zero-order valence-corrected chi connectivity index (χ0v) is 13.2. The first-order chi connectivity index (χ1) is 9.58. The number of nitrogens with two attached hydrogens (primary N) is 1. The van der Waals surface area contributed by atoms with Crippen LogP contribution in [0, 0.1) is 6.92 Å². The van der Waals surface area contributed by atoms with E-state index < -0.39 is 0 Å². The van der Waals surface area contributed by atoms with E-state index in [0.717, 1.165) is 23.5 Å². The summed E-state index contributed by atoms with van der Waals surface area (Å²) < 4.78 is 0. The van der Waals surface area contributed by atoms with Crippen molar-refractivity contribution in [2.45, 2.75) is 39.2 Å². The molecule has 20 heavy (non-hydrogen) atoms. The SMILES string of the molecule is Cc1ccnc(NC(C)CN2CCCCC2)c1C(N)=S. The molecule has 0 amide bonds. The summed E-state index contributed by atoms with van der Waals surface area (Å²) in [6.07, 6.45) is 5.79. The molecule has 1 aliphatic rings. The van der Waals surface area contributed by atoms with Crippen LogP contribution in [0.1, 0.15) is 37.3 Å². The molecule has 1 atom stereocenters.